The highest BCUT2D eigenvalue weighted by Gasteiger charge is 2.05. The van der Waals surface area contributed by atoms with Gasteiger partial charge in [0.15, 0.2) is 0 Å². The number of carboxylic acid groups (broad SMARTS) is 1. The monoisotopic (exact) mass is 389 g/mol. The van der Waals surface area contributed by atoms with Gasteiger partial charge in [0.1, 0.15) is 0 Å². The standard InChI is InChI=1S/C22H35N3O3/c1-3-5-16-25(17-6-4-2)20-14-12-19(13-15-20)18-23-24-21(26)10-8-7-9-11-22(27)28/h12-15,18H,3-11,16-17H2,1-2H3,(H,24,26)(H,27,28)/b23-18+. The summed E-state index contributed by atoms with van der Waals surface area (Å²) in [7, 11) is 0. The fraction of sp³-hybridized carbons (Fsp3) is 0.591. The third kappa shape index (κ3) is 10.7. The molecule has 1 aromatic rings. The summed E-state index contributed by atoms with van der Waals surface area (Å²) >= 11 is 0. The molecule has 6 nitrogen and oxygen atoms in total. The molecule has 0 aliphatic carbocycles. The number of carbonyl (C=O) groups excluding carboxylic acids is 1. The second kappa shape index (κ2) is 14.7. The Balaban J connectivity index is 2.41. The molecule has 0 fully saturated rings. The zero-order valence-corrected chi connectivity index (χ0v) is 17.3. The molecule has 0 aromatic heterocycles. The molecule has 156 valence electrons. The van der Waals surface area contributed by atoms with Crippen LogP contribution in [0.5, 0.6) is 0 Å². The van der Waals surface area contributed by atoms with Crippen LogP contribution in [-0.2, 0) is 9.59 Å². The Bertz CT molecular complexity index is 592. The molecule has 0 saturated carbocycles. The molecule has 2 N–H and O–H groups in total. The molecular formula is C22H35N3O3. The van der Waals surface area contributed by atoms with Gasteiger partial charge in [-0.05, 0) is 43.4 Å². The fourth-order valence-electron chi connectivity index (χ4n) is 2.81. The van der Waals surface area contributed by atoms with E-state index < -0.39 is 5.97 Å². The van der Waals surface area contributed by atoms with E-state index in [4.69, 9.17) is 5.11 Å². The van der Waals surface area contributed by atoms with Gasteiger partial charge in [-0.25, -0.2) is 5.43 Å². The number of rotatable bonds is 15. The third-order valence-corrected chi connectivity index (χ3v) is 4.52. The Labute approximate surface area is 169 Å². The van der Waals surface area contributed by atoms with Crippen LogP contribution < -0.4 is 10.3 Å². The highest BCUT2D eigenvalue weighted by molar-refractivity contribution is 5.82. The van der Waals surface area contributed by atoms with Gasteiger partial charge in [0.25, 0.3) is 0 Å². The second-order valence-electron chi connectivity index (χ2n) is 7.03. The van der Waals surface area contributed by atoms with Gasteiger partial charge in [-0.2, -0.15) is 5.10 Å². The highest BCUT2D eigenvalue weighted by Crippen LogP contribution is 2.16. The third-order valence-electron chi connectivity index (χ3n) is 4.52. The van der Waals surface area contributed by atoms with Crippen molar-refractivity contribution in [1.82, 2.24) is 5.43 Å². The zero-order valence-electron chi connectivity index (χ0n) is 17.3. The molecule has 0 bridgehead atoms. The summed E-state index contributed by atoms with van der Waals surface area (Å²) in [4.78, 5) is 24.6. The average Bonchev–Trinajstić information content (AvgIpc) is 2.68. The Morgan fingerprint density at radius 3 is 2.14 bits per heavy atom. The van der Waals surface area contributed by atoms with Crippen molar-refractivity contribution in [3.05, 3.63) is 29.8 Å². The van der Waals surface area contributed by atoms with E-state index in [1.165, 1.54) is 31.4 Å². The van der Waals surface area contributed by atoms with Gasteiger partial charge in [0, 0.05) is 31.6 Å². The maximum Gasteiger partial charge on any atom is 0.303 e. The second-order valence-corrected chi connectivity index (χ2v) is 7.03. The van der Waals surface area contributed by atoms with Gasteiger partial charge in [-0.1, -0.05) is 45.2 Å². The van der Waals surface area contributed by atoms with E-state index in [1.54, 1.807) is 6.21 Å². The molecular weight excluding hydrogens is 354 g/mol. The largest absolute Gasteiger partial charge is 0.481 e. The Hall–Kier alpha value is -2.37. The predicted molar refractivity (Wildman–Crippen MR) is 115 cm³/mol. The zero-order chi connectivity index (χ0) is 20.6. The maximum atomic E-state index is 11.7. The van der Waals surface area contributed by atoms with Gasteiger partial charge in [-0.15, -0.1) is 0 Å². The van der Waals surface area contributed by atoms with Crippen molar-refractivity contribution in [2.45, 2.75) is 71.6 Å². The fourth-order valence-corrected chi connectivity index (χ4v) is 2.81. The quantitative estimate of drug-likeness (QED) is 0.261. The first-order valence-electron chi connectivity index (χ1n) is 10.5. The van der Waals surface area contributed by atoms with Crippen molar-refractivity contribution in [1.29, 1.82) is 0 Å². The maximum absolute atomic E-state index is 11.7. The van der Waals surface area contributed by atoms with Crippen LogP contribution in [0.4, 0.5) is 5.69 Å². The van der Waals surface area contributed by atoms with Crippen LogP contribution in [0.3, 0.4) is 0 Å². The first-order valence-corrected chi connectivity index (χ1v) is 10.5. The number of hydrogen-bond donors (Lipinski definition) is 2. The molecule has 0 heterocycles. The molecule has 1 rings (SSSR count). The van der Waals surface area contributed by atoms with E-state index in [0.29, 0.717) is 19.3 Å². The molecule has 0 unspecified atom stereocenters. The molecule has 0 aliphatic rings. The number of carboxylic acids is 1. The van der Waals surface area contributed by atoms with Gasteiger partial charge in [0.05, 0.1) is 6.21 Å². The number of carbonyl (C=O) groups is 2. The van der Waals surface area contributed by atoms with E-state index >= 15 is 0 Å². The van der Waals surface area contributed by atoms with Crippen LogP contribution in [0.25, 0.3) is 0 Å². The molecule has 6 heteroatoms. The van der Waals surface area contributed by atoms with Crippen LogP contribution in [0.15, 0.2) is 29.4 Å². The van der Waals surface area contributed by atoms with Crippen molar-refractivity contribution in [2.24, 2.45) is 5.10 Å². The summed E-state index contributed by atoms with van der Waals surface area (Å²) in [6.07, 6.45) is 8.93. The van der Waals surface area contributed by atoms with E-state index in [2.05, 4.69) is 41.4 Å². The van der Waals surface area contributed by atoms with Crippen molar-refractivity contribution < 1.29 is 14.7 Å². The summed E-state index contributed by atoms with van der Waals surface area (Å²) in [5, 5.41) is 12.6. The topological polar surface area (TPSA) is 82.0 Å². The van der Waals surface area contributed by atoms with E-state index in [1.807, 2.05) is 12.1 Å². The van der Waals surface area contributed by atoms with Crippen LogP contribution in [0, 0.1) is 0 Å². The average molecular weight is 390 g/mol. The number of benzene rings is 1. The van der Waals surface area contributed by atoms with Crippen molar-refractivity contribution in [3.8, 4) is 0 Å². The number of hydrazone groups is 1. The minimum Gasteiger partial charge on any atom is -0.481 e. The van der Waals surface area contributed by atoms with Crippen LogP contribution >= 0.6 is 0 Å². The predicted octanol–water partition coefficient (Wildman–Crippen LogP) is 4.58. The molecule has 0 aliphatic heterocycles. The molecule has 0 radical (unpaired) electrons. The lowest BCUT2D eigenvalue weighted by atomic mass is 10.1. The molecule has 0 spiro atoms. The molecule has 1 aromatic carbocycles. The lowest BCUT2D eigenvalue weighted by molar-refractivity contribution is -0.137. The summed E-state index contributed by atoms with van der Waals surface area (Å²) < 4.78 is 0. The summed E-state index contributed by atoms with van der Waals surface area (Å²) in [5.41, 5.74) is 4.70. The minimum atomic E-state index is -0.793. The Kier molecular flexibility index (Phi) is 12.4. The van der Waals surface area contributed by atoms with Crippen LogP contribution in [0.2, 0.25) is 0 Å². The lowest BCUT2D eigenvalue weighted by Gasteiger charge is -2.24. The molecule has 28 heavy (non-hydrogen) atoms. The lowest BCUT2D eigenvalue weighted by Crippen LogP contribution is -2.25. The number of anilines is 1. The van der Waals surface area contributed by atoms with Gasteiger partial charge in [-0.3, -0.25) is 9.59 Å². The number of aliphatic carboxylic acids is 1. The van der Waals surface area contributed by atoms with Crippen molar-refractivity contribution in [3.63, 3.8) is 0 Å². The van der Waals surface area contributed by atoms with E-state index in [0.717, 1.165) is 25.1 Å². The van der Waals surface area contributed by atoms with Crippen molar-refractivity contribution >= 4 is 23.8 Å². The van der Waals surface area contributed by atoms with E-state index in [9.17, 15) is 9.59 Å². The highest BCUT2D eigenvalue weighted by atomic mass is 16.4. The first kappa shape index (κ1) is 23.7. The number of amides is 1. The first-order chi connectivity index (χ1) is 13.6. The van der Waals surface area contributed by atoms with Crippen LogP contribution in [0.1, 0.15) is 77.2 Å². The summed E-state index contributed by atoms with van der Waals surface area (Å²) in [6, 6.07) is 8.25. The van der Waals surface area contributed by atoms with Crippen LogP contribution in [-0.4, -0.2) is 36.3 Å². The number of nitrogens with one attached hydrogen (secondary N) is 1. The van der Waals surface area contributed by atoms with Gasteiger partial charge >= 0.3 is 5.97 Å². The Morgan fingerprint density at radius 2 is 1.57 bits per heavy atom. The Morgan fingerprint density at radius 1 is 0.964 bits per heavy atom. The summed E-state index contributed by atoms with van der Waals surface area (Å²) in [6.45, 7) is 6.57. The number of nitrogens with zero attached hydrogens (tertiary/aromatic N) is 2. The normalized spacial score (nSPS) is 10.9. The SMILES string of the molecule is CCCCN(CCCC)c1ccc(/C=N/NC(=O)CCCCCC(=O)O)cc1. The summed E-state index contributed by atoms with van der Waals surface area (Å²) in [5.74, 6) is -0.938. The molecule has 0 saturated heterocycles. The minimum absolute atomic E-state index is 0.145. The molecule has 1 amide bonds. The number of unbranched alkanes of at least 4 members (excludes halogenated alkanes) is 4. The van der Waals surface area contributed by atoms with Gasteiger partial charge in [0.2, 0.25) is 5.91 Å². The van der Waals surface area contributed by atoms with Gasteiger partial charge < -0.3 is 10.0 Å². The van der Waals surface area contributed by atoms with E-state index in [-0.39, 0.29) is 12.3 Å². The number of hydrogen-bond acceptors (Lipinski definition) is 4. The molecule has 0 atom stereocenters. The smallest absolute Gasteiger partial charge is 0.303 e. The van der Waals surface area contributed by atoms with Crippen molar-refractivity contribution in [2.75, 3.05) is 18.0 Å².